The van der Waals surface area contributed by atoms with Crippen molar-refractivity contribution in [3.8, 4) is 0 Å². The van der Waals surface area contributed by atoms with E-state index in [4.69, 9.17) is 4.42 Å². The number of amides is 2. The van der Waals surface area contributed by atoms with E-state index < -0.39 is 10.0 Å². The van der Waals surface area contributed by atoms with Crippen LogP contribution in [0.1, 0.15) is 18.6 Å². The van der Waals surface area contributed by atoms with Gasteiger partial charge in [-0.1, -0.05) is 18.2 Å². The molecule has 2 amide bonds. The third-order valence-electron chi connectivity index (χ3n) is 4.67. The van der Waals surface area contributed by atoms with Gasteiger partial charge in [-0.15, -0.1) is 0 Å². The summed E-state index contributed by atoms with van der Waals surface area (Å²) in [6, 6.07) is 11.7. The van der Waals surface area contributed by atoms with Crippen molar-refractivity contribution in [1.29, 1.82) is 0 Å². The molecule has 8 nitrogen and oxygen atoms in total. The number of hydrogen-bond acceptors (Lipinski definition) is 5. The summed E-state index contributed by atoms with van der Waals surface area (Å²) >= 11 is 0. The fraction of sp³-hybridized carbons (Fsp3) is 0.368. The molecule has 2 aromatic rings. The molecule has 2 heterocycles. The summed E-state index contributed by atoms with van der Waals surface area (Å²) in [4.78, 5) is 24.4. The van der Waals surface area contributed by atoms with Crippen LogP contribution in [0.15, 0.2) is 58.0 Å². The summed E-state index contributed by atoms with van der Waals surface area (Å²) in [6.07, 6.45) is 2.37. The van der Waals surface area contributed by atoms with Crippen molar-refractivity contribution >= 4 is 21.8 Å². The normalized spacial score (nSPS) is 15.9. The zero-order valence-electron chi connectivity index (χ0n) is 15.3. The molecule has 0 unspecified atom stereocenters. The number of carbonyl (C=O) groups excluding carboxylic acids is 2. The molecule has 28 heavy (non-hydrogen) atoms. The Morgan fingerprint density at radius 1 is 1.04 bits per heavy atom. The van der Waals surface area contributed by atoms with Crippen molar-refractivity contribution in [2.75, 3.05) is 19.6 Å². The number of rotatable bonds is 7. The molecule has 1 saturated heterocycles. The maximum atomic E-state index is 12.6. The molecule has 0 bridgehead atoms. The van der Waals surface area contributed by atoms with E-state index in [1.54, 1.807) is 42.5 Å². The molecule has 150 valence electrons. The van der Waals surface area contributed by atoms with E-state index in [0.29, 0.717) is 18.6 Å². The third-order valence-corrected chi connectivity index (χ3v) is 6.58. The first-order valence-corrected chi connectivity index (χ1v) is 10.5. The van der Waals surface area contributed by atoms with Gasteiger partial charge < -0.3 is 15.1 Å². The molecule has 1 aliphatic heterocycles. The summed E-state index contributed by atoms with van der Waals surface area (Å²) in [7, 11) is -3.54. The molecule has 1 aromatic heterocycles. The topological polar surface area (TPSA) is 109 Å². The van der Waals surface area contributed by atoms with E-state index in [0.717, 1.165) is 0 Å². The first kappa shape index (κ1) is 20.1. The SMILES string of the molecule is O=C(CNC(=O)C1CCN(S(=O)(=O)c2ccccc2)CC1)NCc1ccco1. The summed E-state index contributed by atoms with van der Waals surface area (Å²) < 4.78 is 31.7. The van der Waals surface area contributed by atoms with Gasteiger partial charge in [0.2, 0.25) is 21.8 Å². The Balaban J connectivity index is 1.43. The van der Waals surface area contributed by atoms with Crippen LogP contribution in [-0.2, 0) is 26.2 Å². The van der Waals surface area contributed by atoms with Gasteiger partial charge in [0.25, 0.3) is 0 Å². The summed E-state index contributed by atoms with van der Waals surface area (Å²) in [5.74, 6) is -0.217. The predicted octanol–water partition coefficient (Wildman–Crippen LogP) is 1.11. The Morgan fingerprint density at radius 3 is 2.39 bits per heavy atom. The summed E-state index contributed by atoms with van der Waals surface area (Å²) in [5.41, 5.74) is 0. The molecule has 2 N–H and O–H groups in total. The highest BCUT2D eigenvalue weighted by Gasteiger charge is 2.32. The Labute approximate surface area is 164 Å². The zero-order valence-corrected chi connectivity index (χ0v) is 16.2. The van der Waals surface area contributed by atoms with E-state index in [1.165, 1.54) is 10.6 Å². The minimum atomic E-state index is -3.54. The lowest BCUT2D eigenvalue weighted by Gasteiger charge is -2.30. The second-order valence-electron chi connectivity index (χ2n) is 6.57. The number of sulfonamides is 1. The van der Waals surface area contributed by atoms with Crippen LogP contribution in [0, 0.1) is 5.92 Å². The number of carbonyl (C=O) groups is 2. The quantitative estimate of drug-likeness (QED) is 0.717. The molecule has 1 aliphatic rings. The lowest BCUT2D eigenvalue weighted by molar-refractivity contribution is -0.129. The molecule has 9 heteroatoms. The summed E-state index contributed by atoms with van der Waals surface area (Å²) in [5, 5.41) is 5.27. The van der Waals surface area contributed by atoms with E-state index in [9.17, 15) is 18.0 Å². The van der Waals surface area contributed by atoms with Crippen molar-refractivity contribution in [3.05, 3.63) is 54.5 Å². The lowest BCUT2D eigenvalue weighted by atomic mass is 9.97. The van der Waals surface area contributed by atoms with Crippen molar-refractivity contribution in [3.63, 3.8) is 0 Å². The molecular weight excluding hydrogens is 382 g/mol. The van der Waals surface area contributed by atoms with Crippen LogP contribution in [0.3, 0.4) is 0 Å². The smallest absolute Gasteiger partial charge is 0.243 e. The van der Waals surface area contributed by atoms with Crippen LogP contribution in [0.25, 0.3) is 0 Å². The van der Waals surface area contributed by atoms with Crippen LogP contribution >= 0.6 is 0 Å². The van der Waals surface area contributed by atoms with Crippen LogP contribution in [0.2, 0.25) is 0 Å². The number of benzene rings is 1. The average Bonchev–Trinajstić information content (AvgIpc) is 3.25. The second kappa shape index (κ2) is 9.03. The van der Waals surface area contributed by atoms with Gasteiger partial charge in [0.05, 0.1) is 24.2 Å². The van der Waals surface area contributed by atoms with Crippen LogP contribution < -0.4 is 10.6 Å². The van der Waals surface area contributed by atoms with Gasteiger partial charge in [0, 0.05) is 19.0 Å². The lowest BCUT2D eigenvalue weighted by Crippen LogP contribution is -2.45. The largest absolute Gasteiger partial charge is 0.467 e. The van der Waals surface area contributed by atoms with Gasteiger partial charge >= 0.3 is 0 Å². The maximum absolute atomic E-state index is 12.6. The molecule has 0 saturated carbocycles. The van der Waals surface area contributed by atoms with Crippen molar-refractivity contribution in [2.45, 2.75) is 24.3 Å². The summed E-state index contributed by atoms with van der Waals surface area (Å²) in [6.45, 7) is 0.694. The number of nitrogens with zero attached hydrogens (tertiary/aromatic N) is 1. The van der Waals surface area contributed by atoms with Crippen LogP contribution in [0.5, 0.6) is 0 Å². The van der Waals surface area contributed by atoms with E-state index in [1.807, 2.05) is 0 Å². The molecular formula is C19H23N3O5S. The van der Waals surface area contributed by atoms with Gasteiger partial charge in [-0.2, -0.15) is 4.31 Å². The maximum Gasteiger partial charge on any atom is 0.243 e. The van der Waals surface area contributed by atoms with E-state index >= 15 is 0 Å². The van der Waals surface area contributed by atoms with Gasteiger partial charge in [-0.05, 0) is 37.1 Å². The zero-order chi connectivity index (χ0) is 20.0. The van der Waals surface area contributed by atoms with Crippen LogP contribution in [0.4, 0.5) is 0 Å². The first-order chi connectivity index (χ1) is 13.5. The van der Waals surface area contributed by atoms with E-state index in [-0.39, 0.29) is 48.8 Å². The Bertz CT molecular complexity index is 889. The molecule has 3 rings (SSSR count). The molecule has 0 aliphatic carbocycles. The van der Waals surface area contributed by atoms with E-state index in [2.05, 4.69) is 10.6 Å². The second-order valence-corrected chi connectivity index (χ2v) is 8.50. The highest BCUT2D eigenvalue weighted by molar-refractivity contribution is 7.89. The van der Waals surface area contributed by atoms with Gasteiger partial charge in [0.15, 0.2) is 0 Å². The van der Waals surface area contributed by atoms with Gasteiger partial charge in [-0.25, -0.2) is 8.42 Å². The predicted molar refractivity (Wildman–Crippen MR) is 101 cm³/mol. The molecule has 1 aromatic carbocycles. The van der Waals surface area contributed by atoms with Crippen molar-refractivity contribution in [1.82, 2.24) is 14.9 Å². The minimum Gasteiger partial charge on any atom is -0.467 e. The average molecular weight is 405 g/mol. The van der Waals surface area contributed by atoms with Crippen LogP contribution in [-0.4, -0.2) is 44.2 Å². The molecule has 0 atom stereocenters. The minimum absolute atomic E-state index is 0.123. The number of furan rings is 1. The monoisotopic (exact) mass is 405 g/mol. The number of nitrogens with one attached hydrogen (secondary N) is 2. The Morgan fingerprint density at radius 2 is 1.75 bits per heavy atom. The van der Waals surface area contributed by atoms with Gasteiger partial charge in [-0.3, -0.25) is 9.59 Å². The fourth-order valence-electron chi connectivity index (χ4n) is 3.07. The molecule has 0 spiro atoms. The standard InChI is InChI=1S/C19H23N3O5S/c23-18(20-13-16-5-4-12-27-16)14-21-19(24)15-8-10-22(11-9-15)28(25,26)17-6-2-1-3-7-17/h1-7,12,15H,8-11,13-14H2,(H,20,23)(H,21,24). The highest BCUT2D eigenvalue weighted by atomic mass is 32.2. The Kier molecular flexibility index (Phi) is 6.48. The van der Waals surface area contributed by atoms with Gasteiger partial charge in [0.1, 0.15) is 5.76 Å². The molecule has 0 radical (unpaired) electrons. The number of hydrogen-bond donors (Lipinski definition) is 2. The highest BCUT2D eigenvalue weighted by Crippen LogP contribution is 2.23. The first-order valence-electron chi connectivity index (χ1n) is 9.09. The van der Waals surface area contributed by atoms with Crippen molar-refractivity contribution < 1.29 is 22.4 Å². The van der Waals surface area contributed by atoms with Crippen molar-refractivity contribution in [2.24, 2.45) is 5.92 Å². The fourth-order valence-corrected chi connectivity index (χ4v) is 4.56. The third kappa shape index (κ3) is 4.99. The number of piperidine rings is 1. The Hall–Kier alpha value is -2.65. The molecule has 1 fully saturated rings.